The van der Waals surface area contributed by atoms with Crippen LogP contribution >= 0.6 is 0 Å². The van der Waals surface area contributed by atoms with Crippen molar-refractivity contribution in [1.29, 1.82) is 0 Å². The van der Waals surface area contributed by atoms with Crippen LogP contribution in [0.15, 0.2) is 24.3 Å². The quantitative estimate of drug-likeness (QED) is 0.735. The van der Waals surface area contributed by atoms with E-state index in [0.29, 0.717) is 12.7 Å². The zero-order valence-corrected chi connectivity index (χ0v) is 11.2. The molecular weight excluding hydrogens is 245 g/mol. The van der Waals surface area contributed by atoms with Crippen molar-refractivity contribution in [3.8, 4) is 5.75 Å². The molecule has 0 saturated carbocycles. The summed E-state index contributed by atoms with van der Waals surface area (Å²) in [4.78, 5) is 0. The molecule has 1 aliphatic rings. The fourth-order valence-corrected chi connectivity index (χ4v) is 2.14. The van der Waals surface area contributed by atoms with Gasteiger partial charge in [0.15, 0.2) is 0 Å². The highest BCUT2D eigenvalue weighted by atomic mass is 19.1. The number of halogens is 1. The van der Waals surface area contributed by atoms with Crippen LogP contribution in [-0.4, -0.2) is 32.4 Å². The summed E-state index contributed by atoms with van der Waals surface area (Å²) in [6.45, 7) is 3.54. The Kier molecular flexibility index (Phi) is 6.11. The zero-order chi connectivity index (χ0) is 13.3. The van der Waals surface area contributed by atoms with Gasteiger partial charge in [-0.15, -0.1) is 0 Å². The third kappa shape index (κ3) is 5.57. The molecular formula is C15H22FNO2. The average molecular weight is 267 g/mol. The summed E-state index contributed by atoms with van der Waals surface area (Å²) in [5.74, 6) is 0.499. The molecule has 1 fully saturated rings. The molecule has 1 heterocycles. The van der Waals surface area contributed by atoms with Gasteiger partial charge in [-0.05, 0) is 56.5 Å². The van der Waals surface area contributed by atoms with Crippen LogP contribution in [0.1, 0.15) is 25.7 Å². The van der Waals surface area contributed by atoms with Crippen molar-refractivity contribution >= 4 is 0 Å². The van der Waals surface area contributed by atoms with E-state index in [9.17, 15) is 4.39 Å². The van der Waals surface area contributed by atoms with E-state index in [1.54, 1.807) is 12.1 Å². The van der Waals surface area contributed by atoms with E-state index in [1.165, 1.54) is 25.0 Å². The second-order valence-electron chi connectivity index (χ2n) is 4.85. The Morgan fingerprint density at radius 2 is 2.11 bits per heavy atom. The van der Waals surface area contributed by atoms with E-state index >= 15 is 0 Å². The van der Waals surface area contributed by atoms with Crippen molar-refractivity contribution in [3.05, 3.63) is 30.1 Å². The number of nitrogens with one attached hydrogen (secondary N) is 1. The van der Waals surface area contributed by atoms with Crippen LogP contribution in [0.2, 0.25) is 0 Å². The van der Waals surface area contributed by atoms with E-state index in [1.807, 2.05) is 0 Å². The number of hydrogen-bond donors (Lipinski definition) is 1. The SMILES string of the molecule is Fc1ccc(OCCCCNCC2CCCO2)cc1. The Morgan fingerprint density at radius 1 is 1.26 bits per heavy atom. The van der Waals surface area contributed by atoms with E-state index in [-0.39, 0.29) is 5.82 Å². The minimum absolute atomic E-state index is 0.231. The van der Waals surface area contributed by atoms with Crippen LogP contribution in [0.5, 0.6) is 5.75 Å². The van der Waals surface area contributed by atoms with Crippen molar-refractivity contribution in [1.82, 2.24) is 5.32 Å². The minimum Gasteiger partial charge on any atom is -0.494 e. The van der Waals surface area contributed by atoms with Crippen molar-refractivity contribution in [2.75, 3.05) is 26.3 Å². The molecule has 4 heteroatoms. The average Bonchev–Trinajstić information content (AvgIpc) is 2.93. The van der Waals surface area contributed by atoms with Gasteiger partial charge in [0, 0.05) is 13.2 Å². The summed E-state index contributed by atoms with van der Waals surface area (Å²) in [7, 11) is 0. The monoisotopic (exact) mass is 267 g/mol. The molecule has 3 nitrogen and oxygen atoms in total. The second-order valence-corrected chi connectivity index (χ2v) is 4.85. The number of unbranched alkanes of at least 4 members (excludes halogenated alkanes) is 1. The third-order valence-electron chi connectivity index (χ3n) is 3.23. The summed E-state index contributed by atoms with van der Waals surface area (Å²) in [6.07, 6.45) is 4.86. The normalized spacial score (nSPS) is 18.7. The van der Waals surface area contributed by atoms with Gasteiger partial charge >= 0.3 is 0 Å². The largest absolute Gasteiger partial charge is 0.494 e. The van der Waals surface area contributed by atoms with Crippen molar-refractivity contribution in [2.24, 2.45) is 0 Å². The predicted octanol–water partition coefficient (Wildman–Crippen LogP) is 2.75. The lowest BCUT2D eigenvalue weighted by atomic mass is 10.2. The summed E-state index contributed by atoms with van der Waals surface area (Å²) >= 11 is 0. The molecule has 0 aliphatic carbocycles. The molecule has 0 bridgehead atoms. The van der Waals surface area contributed by atoms with Crippen LogP contribution in [0.4, 0.5) is 4.39 Å². The lowest BCUT2D eigenvalue weighted by molar-refractivity contribution is 0.110. The second kappa shape index (κ2) is 8.12. The Balaban J connectivity index is 1.44. The van der Waals surface area contributed by atoms with Gasteiger partial charge in [-0.2, -0.15) is 0 Å². The Labute approximate surface area is 114 Å². The predicted molar refractivity (Wildman–Crippen MR) is 73.0 cm³/mol. The van der Waals surface area contributed by atoms with Gasteiger partial charge in [-0.1, -0.05) is 0 Å². The molecule has 2 rings (SSSR count). The summed E-state index contributed by atoms with van der Waals surface area (Å²) in [5, 5.41) is 3.40. The highest BCUT2D eigenvalue weighted by Gasteiger charge is 2.13. The van der Waals surface area contributed by atoms with Crippen molar-refractivity contribution < 1.29 is 13.9 Å². The van der Waals surface area contributed by atoms with Gasteiger partial charge in [0.1, 0.15) is 11.6 Å². The van der Waals surface area contributed by atoms with Crippen molar-refractivity contribution in [3.63, 3.8) is 0 Å². The van der Waals surface area contributed by atoms with E-state index in [2.05, 4.69) is 5.32 Å². The van der Waals surface area contributed by atoms with E-state index in [4.69, 9.17) is 9.47 Å². The van der Waals surface area contributed by atoms with E-state index < -0.39 is 0 Å². The maximum atomic E-state index is 12.7. The molecule has 1 unspecified atom stereocenters. The number of ether oxygens (including phenoxy) is 2. The molecule has 1 N–H and O–H groups in total. The first-order chi connectivity index (χ1) is 9.34. The third-order valence-corrected chi connectivity index (χ3v) is 3.23. The number of rotatable bonds is 8. The Bertz CT molecular complexity index is 350. The fourth-order valence-electron chi connectivity index (χ4n) is 2.14. The van der Waals surface area contributed by atoms with E-state index in [0.717, 1.165) is 38.3 Å². The first kappa shape index (κ1) is 14.3. The Hall–Kier alpha value is -1.13. The van der Waals surface area contributed by atoms with Gasteiger partial charge in [0.25, 0.3) is 0 Å². The summed E-state index contributed by atoms with van der Waals surface area (Å²) in [6, 6.07) is 6.15. The highest BCUT2D eigenvalue weighted by Crippen LogP contribution is 2.12. The molecule has 0 amide bonds. The molecule has 0 radical (unpaired) electrons. The summed E-state index contributed by atoms with van der Waals surface area (Å²) < 4.78 is 23.7. The molecule has 1 aromatic carbocycles. The lowest BCUT2D eigenvalue weighted by Crippen LogP contribution is -2.27. The molecule has 106 valence electrons. The summed E-state index contributed by atoms with van der Waals surface area (Å²) in [5.41, 5.74) is 0. The minimum atomic E-state index is -0.231. The van der Waals surface area contributed by atoms with Crippen LogP contribution in [0.3, 0.4) is 0 Å². The molecule has 0 aromatic heterocycles. The maximum absolute atomic E-state index is 12.7. The van der Waals surface area contributed by atoms with Crippen LogP contribution in [0, 0.1) is 5.82 Å². The zero-order valence-electron chi connectivity index (χ0n) is 11.2. The molecule has 1 aromatic rings. The van der Waals surface area contributed by atoms with Crippen LogP contribution in [0.25, 0.3) is 0 Å². The van der Waals surface area contributed by atoms with Crippen LogP contribution < -0.4 is 10.1 Å². The first-order valence-electron chi connectivity index (χ1n) is 7.05. The highest BCUT2D eigenvalue weighted by molar-refractivity contribution is 5.21. The van der Waals surface area contributed by atoms with Gasteiger partial charge in [0.2, 0.25) is 0 Å². The smallest absolute Gasteiger partial charge is 0.123 e. The van der Waals surface area contributed by atoms with Crippen LogP contribution in [-0.2, 0) is 4.74 Å². The van der Waals surface area contributed by atoms with Gasteiger partial charge in [-0.25, -0.2) is 4.39 Å². The lowest BCUT2D eigenvalue weighted by Gasteiger charge is -2.10. The maximum Gasteiger partial charge on any atom is 0.123 e. The number of benzene rings is 1. The molecule has 0 spiro atoms. The van der Waals surface area contributed by atoms with Crippen molar-refractivity contribution in [2.45, 2.75) is 31.8 Å². The topological polar surface area (TPSA) is 30.5 Å². The number of hydrogen-bond acceptors (Lipinski definition) is 3. The first-order valence-corrected chi connectivity index (χ1v) is 7.05. The fraction of sp³-hybridized carbons (Fsp3) is 0.600. The van der Waals surface area contributed by atoms with Gasteiger partial charge in [0.05, 0.1) is 12.7 Å². The molecule has 1 saturated heterocycles. The Morgan fingerprint density at radius 3 is 2.84 bits per heavy atom. The van der Waals surface area contributed by atoms with Gasteiger partial charge in [-0.3, -0.25) is 0 Å². The van der Waals surface area contributed by atoms with Gasteiger partial charge < -0.3 is 14.8 Å². The molecule has 19 heavy (non-hydrogen) atoms. The standard InChI is InChI=1S/C15H22FNO2/c16-13-5-7-14(8-6-13)18-10-2-1-9-17-12-15-4-3-11-19-15/h5-8,15,17H,1-4,9-12H2. The molecule has 1 atom stereocenters. The molecule has 1 aliphatic heterocycles.